The summed E-state index contributed by atoms with van der Waals surface area (Å²) in [5.74, 6) is 0.370. The zero-order chi connectivity index (χ0) is 16.6. The third-order valence-corrected chi connectivity index (χ3v) is 6.12. The number of fused-ring (bicyclic) bond motifs is 2. The van der Waals surface area contributed by atoms with E-state index in [1.165, 1.54) is 17.6 Å². The van der Waals surface area contributed by atoms with Crippen molar-refractivity contribution in [2.24, 2.45) is 0 Å². The predicted molar refractivity (Wildman–Crippen MR) is 92.7 cm³/mol. The molecule has 6 heteroatoms. The van der Waals surface area contributed by atoms with Gasteiger partial charge in [0, 0.05) is 24.2 Å². The summed E-state index contributed by atoms with van der Waals surface area (Å²) in [6.07, 6.45) is 4.56. The molecule has 0 N–H and O–H groups in total. The third-order valence-electron chi connectivity index (χ3n) is 4.97. The molecule has 4 rings (SSSR count). The lowest BCUT2D eigenvalue weighted by Gasteiger charge is -2.44. The summed E-state index contributed by atoms with van der Waals surface area (Å²) in [5.41, 5.74) is 1.81. The van der Waals surface area contributed by atoms with E-state index in [9.17, 15) is 4.79 Å². The normalized spacial score (nSPS) is 19.1. The van der Waals surface area contributed by atoms with Crippen LogP contribution in [-0.4, -0.2) is 37.8 Å². The van der Waals surface area contributed by atoms with Gasteiger partial charge in [-0.1, -0.05) is 0 Å². The number of hydrogen-bond donors (Lipinski definition) is 0. The summed E-state index contributed by atoms with van der Waals surface area (Å²) in [6.45, 7) is 2.43. The maximum absolute atomic E-state index is 12.0. The highest BCUT2D eigenvalue weighted by molar-refractivity contribution is 7.10. The van der Waals surface area contributed by atoms with Crippen molar-refractivity contribution >= 4 is 23.1 Å². The smallest absolute Gasteiger partial charge is 0.341 e. The summed E-state index contributed by atoms with van der Waals surface area (Å²) in [4.78, 5) is 20.0. The summed E-state index contributed by atoms with van der Waals surface area (Å²) in [7, 11) is 1.40. The van der Waals surface area contributed by atoms with Crippen molar-refractivity contribution in [3.05, 3.63) is 45.8 Å². The number of esters is 1. The minimum Gasteiger partial charge on any atom is -0.465 e. The molecule has 2 aromatic rings. The highest BCUT2D eigenvalue weighted by Crippen LogP contribution is 2.44. The van der Waals surface area contributed by atoms with Gasteiger partial charge < -0.3 is 14.4 Å². The maximum Gasteiger partial charge on any atom is 0.341 e. The quantitative estimate of drug-likeness (QED) is 0.784. The van der Waals surface area contributed by atoms with Gasteiger partial charge in [-0.05, 0) is 48.4 Å². The SMILES string of the molecule is COC(=O)c1cccnc1N1CCC2(CC1)OCCc1ccsc12. The average molecular weight is 344 g/mol. The number of hydrogen-bond acceptors (Lipinski definition) is 6. The molecule has 0 atom stereocenters. The molecule has 1 saturated heterocycles. The molecule has 0 unspecified atom stereocenters. The van der Waals surface area contributed by atoms with Gasteiger partial charge in [0.1, 0.15) is 17.0 Å². The fraction of sp³-hybridized carbons (Fsp3) is 0.444. The number of piperidine rings is 1. The van der Waals surface area contributed by atoms with Gasteiger partial charge in [0.2, 0.25) is 0 Å². The topological polar surface area (TPSA) is 51.7 Å². The molecule has 0 bridgehead atoms. The molecule has 0 aliphatic carbocycles. The van der Waals surface area contributed by atoms with Crippen molar-refractivity contribution in [2.45, 2.75) is 24.9 Å². The van der Waals surface area contributed by atoms with Crippen molar-refractivity contribution in [2.75, 3.05) is 31.7 Å². The van der Waals surface area contributed by atoms with Crippen molar-refractivity contribution < 1.29 is 14.3 Å². The zero-order valence-electron chi connectivity index (χ0n) is 13.7. The van der Waals surface area contributed by atoms with E-state index in [1.807, 2.05) is 0 Å². The molecule has 2 aliphatic rings. The largest absolute Gasteiger partial charge is 0.465 e. The van der Waals surface area contributed by atoms with Crippen LogP contribution in [0.25, 0.3) is 0 Å². The van der Waals surface area contributed by atoms with Crippen LogP contribution >= 0.6 is 11.3 Å². The monoisotopic (exact) mass is 344 g/mol. The Hall–Kier alpha value is -1.92. The number of rotatable bonds is 2. The van der Waals surface area contributed by atoms with E-state index in [4.69, 9.17) is 9.47 Å². The van der Waals surface area contributed by atoms with Crippen molar-refractivity contribution in [3.63, 3.8) is 0 Å². The fourth-order valence-corrected chi connectivity index (χ4v) is 4.89. The second-order valence-electron chi connectivity index (χ2n) is 6.22. The van der Waals surface area contributed by atoms with Gasteiger partial charge in [-0.2, -0.15) is 0 Å². The third kappa shape index (κ3) is 2.50. The fourth-order valence-electron chi connectivity index (χ4n) is 3.72. The first-order valence-electron chi connectivity index (χ1n) is 8.23. The minimum absolute atomic E-state index is 0.154. The molecule has 0 amide bonds. The van der Waals surface area contributed by atoms with Gasteiger partial charge in [0.05, 0.1) is 13.7 Å². The molecule has 2 aliphatic heterocycles. The van der Waals surface area contributed by atoms with Crippen LogP contribution in [0.1, 0.15) is 33.6 Å². The molecule has 5 nitrogen and oxygen atoms in total. The first-order chi connectivity index (χ1) is 11.7. The number of nitrogens with zero attached hydrogens (tertiary/aromatic N) is 2. The Labute approximate surface area is 145 Å². The summed E-state index contributed by atoms with van der Waals surface area (Å²) in [5, 5.41) is 2.17. The van der Waals surface area contributed by atoms with E-state index in [0.717, 1.165) is 39.0 Å². The van der Waals surface area contributed by atoms with Crippen molar-refractivity contribution in [1.29, 1.82) is 0 Å². The molecule has 0 radical (unpaired) electrons. The maximum atomic E-state index is 12.0. The Morgan fingerprint density at radius 3 is 3.00 bits per heavy atom. The molecule has 0 saturated carbocycles. The number of carbonyl (C=O) groups excluding carboxylic acids is 1. The van der Waals surface area contributed by atoms with E-state index in [2.05, 4.69) is 21.3 Å². The lowest BCUT2D eigenvalue weighted by atomic mass is 9.85. The average Bonchev–Trinajstić information content (AvgIpc) is 3.12. The van der Waals surface area contributed by atoms with Crippen LogP contribution in [0.3, 0.4) is 0 Å². The van der Waals surface area contributed by atoms with Gasteiger partial charge in [-0.3, -0.25) is 0 Å². The van der Waals surface area contributed by atoms with E-state index in [1.54, 1.807) is 29.7 Å². The molecule has 4 heterocycles. The number of anilines is 1. The molecule has 2 aromatic heterocycles. The minimum atomic E-state index is -0.340. The van der Waals surface area contributed by atoms with E-state index < -0.39 is 0 Å². The van der Waals surface area contributed by atoms with Gasteiger partial charge in [0.15, 0.2) is 0 Å². The summed E-state index contributed by atoms with van der Waals surface area (Å²) < 4.78 is 11.1. The second-order valence-corrected chi connectivity index (χ2v) is 7.14. The van der Waals surface area contributed by atoms with Gasteiger partial charge in [-0.15, -0.1) is 11.3 Å². The van der Waals surface area contributed by atoms with E-state index in [0.29, 0.717) is 11.4 Å². The zero-order valence-corrected chi connectivity index (χ0v) is 14.5. The van der Waals surface area contributed by atoms with Gasteiger partial charge in [-0.25, -0.2) is 9.78 Å². The van der Waals surface area contributed by atoms with Crippen LogP contribution in [-0.2, 0) is 21.5 Å². The van der Waals surface area contributed by atoms with Crippen LogP contribution in [0.5, 0.6) is 0 Å². The molecular formula is C18H20N2O3S. The lowest BCUT2D eigenvalue weighted by molar-refractivity contribution is -0.0735. The van der Waals surface area contributed by atoms with E-state index >= 15 is 0 Å². The van der Waals surface area contributed by atoms with E-state index in [-0.39, 0.29) is 11.6 Å². The second kappa shape index (κ2) is 6.18. The first kappa shape index (κ1) is 15.6. The molecular weight excluding hydrogens is 324 g/mol. The Morgan fingerprint density at radius 2 is 2.21 bits per heavy atom. The van der Waals surface area contributed by atoms with Gasteiger partial charge in [0.25, 0.3) is 0 Å². The van der Waals surface area contributed by atoms with Crippen LogP contribution in [0, 0.1) is 0 Å². The molecule has 1 spiro atoms. The Balaban J connectivity index is 1.57. The molecule has 0 aromatic carbocycles. The number of ether oxygens (including phenoxy) is 2. The molecule has 126 valence electrons. The number of carbonyl (C=O) groups is 1. The Morgan fingerprint density at radius 1 is 1.38 bits per heavy atom. The molecule has 1 fully saturated rings. The predicted octanol–water partition coefficient (Wildman–Crippen LogP) is 3.00. The van der Waals surface area contributed by atoms with Crippen molar-refractivity contribution in [3.8, 4) is 0 Å². The summed E-state index contributed by atoms with van der Waals surface area (Å²) in [6, 6.07) is 5.77. The van der Waals surface area contributed by atoms with Crippen LogP contribution in [0.15, 0.2) is 29.8 Å². The standard InChI is InChI=1S/C18H20N2O3S/c1-22-17(21)14-3-2-8-19-16(14)20-9-6-18(7-10-20)15-13(4-11-23-18)5-12-24-15/h2-3,5,8,12H,4,6-7,9-11H2,1H3. The highest BCUT2D eigenvalue weighted by Gasteiger charge is 2.42. The highest BCUT2D eigenvalue weighted by atomic mass is 32.1. The molecule has 24 heavy (non-hydrogen) atoms. The van der Waals surface area contributed by atoms with Crippen LogP contribution in [0.4, 0.5) is 5.82 Å². The number of methoxy groups -OCH3 is 1. The van der Waals surface area contributed by atoms with Gasteiger partial charge >= 0.3 is 5.97 Å². The van der Waals surface area contributed by atoms with Crippen LogP contribution in [0.2, 0.25) is 0 Å². The Bertz CT molecular complexity index is 750. The summed E-state index contributed by atoms with van der Waals surface area (Å²) >= 11 is 1.81. The number of aromatic nitrogens is 1. The van der Waals surface area contributed by atoms with Crippen LogP contribution < -0.4 is 4.90 Å². The number of thiophene rings is 1. The lowest BCUT2D eigenvalue weighted by Crippen LogP contribution is -2.46. The van der Waals surface area contributed by atoms with Crippen molar-refractivity contribution in [1.82, 2.24) is 4.98 Å². The Kier molecular flexibility index (Phi) is 4.02. The number of pyridine rings is 1. The first-order valence-corrected chi connectivity index (χ1v) is 9.10.